The highest BCUT2D eigenvalue weighted by Crippen LogP contribution is 2.38. The molecule has 1 fully saturated rings. The van der Waals surface area contributed by atoms with Crippen molar-refractivity contribution in [2.24, 2.45) is 5.73 Å². The van der Waals surface area contributed by atoms with Crippen molar-refractivity contribution in [1.29, 1.82) is 0 Å². The lowest BCUT2D eigenvalue weighted by molar-refractivity contribution is -0.274. The summed E-state index contributed by atoms with van der Waals surface area (Å²) in [6, 6.07) is 2.87. The van der Waals surface area contributed by atoms with Gasteiger partial charge in [-0.15, -0.1) is 13.2 Å². The van der Waals surface area contributed by atoms with E-state index in [9.17, 15) is 17.6 Å². The Morgan fingerprint density at radius 1 is 1.20 bits per heavy atom. The van der Waals surface area contributed by atoms with E-state index in [0.29, 0.717) is 11.5 Å². The lowest BCUT2D eigenvalue weighted by Crippen LogP contribution is -2.41. The largest absolute Gasteiger partial charge is 0.573 e. The second kappa shape index (κ2) is 6.62. The molecule has 1 heterocycles. The Kier molecular flexibility index (Phi) is 5.23. The van der Waals surface area contributed by atoms with Gasteiger partial charge in [-0.2, -0.15) is 0 Å². The van der Waals surface area contributed by atoms with Crippen LogP contribution in [0.1, 0.15) is 33.3 Å². The molecule has 0 unspecified atom stereocenters. The first-order chi connectivity index (χ1) is 11.3. The van der Waals surface area contributed by atoms with Crippen molar-refractivity contribution in [3.05, 3.63) is 35.1 Å². The summed E-state index contributed by atoms with van der Waals surface area (Å²) in [5.41, 5.74) is 5.07. The Morgan fingerprint density at radius 3 is 2.20 bits per heavy atom. The van der Waals surface area contributed by atoms with Crippen molar-refractivity contribution in [3.63, 3.8) is 0 Å². The summed E-state index contributed by atoms with van der Waals surface area (Å²) in [7, 11) is -0.763. The molecule has 138 valence electrons. The van der Waals surface area contributed by atoms with E-state index in [2.05, 4.69) is 4.74 Å². The molecule has 0 atom stereocenters. The quantitative estimate of drug-likeness (QED) is 0.657. The maximum Gasteiger partial charge on any atom is 0.573 e. The molecule has 0 radical (unpaired) electrons. The molecular weight excluding hydrogens is 341 g/mol. The van der Waals surface area contributed by atoms with Gasteiger partial charge in [0, 0.05) is 18.2 Å². The summed E-state index contributed by atoms with van der Waals surface area (Å²) in [4.78, 5) is 0. The highest BCUT2D eigenvalue weighted by molar-refractivity contribution is 6.55. The summed E-state index contributed by atoms with van der Waals surface area (Å²) < 4.78 is 66.0. The molecule has 4 nitrogen and oxygen atoms in total. The van der Waals surface area contributed by atoms with Crippen LogP contribution in [0, 0.1) is 5.82 Å². The molecule has 2 rings (SSSR count). The van der Waals surface area contributed by atoms with E-state index in [4.69, 9.17) is 15.0 Å². The minimum atomic E-state index is -4.88. The predicted molar refractivity (Wildman–Crippen MR) is 86.2 cm³/mol. The molecule has 9 heteroatoms. The Bertz CT molecular complexity index is 658. The highest BCUT2D eigenvalue weighted by atomic mass is 19.4. The van der Waals surface area contributed by atoms with Crippen LogP contribution in [0.4, 0.5) is 17.6 Å². The second-order valence-corrected chi connectivity index (χ2v) is 6.74. The topological polar surface area (TPSA) is 53.7 Å². The molecule has 0 amide bonds. The third-order valence-electron chi connectivity index (χ3n) is 4.34. The molecule has 1 aliphatic rings. The van der Waals surface area contributed by atoms with Crippen LogP contribution >= 0.6 is 0 Å². The molecule has 0 aromatic heterocycles. The van der Waals surface area contributed by atoms with Gasteiger partial charge in [0.2, 0.25) is 0 Å². The van der Waals surface area contributed by atoms with E-state index in [1.54, 1.807) is 0 Å². The molecule has 1 aromatic carbocycles. The second-order valence-electron chi connectivity index (χ2n) is 6.74. The molecule has 25 heavy (non-hydrogen) atoms. The number of ether oxygens (including phenoxy) is 1. The molecule has 1 aliphatic heterocycles. The minimum absolute atomic E-state index is 0.0388. The van der Waals surface area contributed by atoms with Gasteiger partial charge in [0.15, 0.2) is 0 Å². The van der Waals surface area contributed by atoms with E-state index < -0.39 is 36.2 Å². The minimum Gasteiger partial charge on any atom is -0.406 e. The van der Waals surface area contributed by atoms with Gasteiger partial charge in [-0.1, -0.05) is 6.08 Å². The summed E-state index contributed by atoms with van der Waals surface area (Å²) in [5, 5.41) is 0. The molecule has 2 N–H and O–H groups in total. The van der Waals surface area contributed by atoms with Crippen LogP contribution < -0.4 is 10.5 Å². The van der Waals surface area contributed by atoms with E-state index in [0.717, 1.165) is 6.07 Å². The third kappa shape index (κ3) is 4.53. The van der Waals surface area contributed by atoms with Crippen molar-refractivity contribution in [2.75, 3.05) is 6.54 Å². The van der Waals surface area contributed by atoms with Crippen molar-refractivity contribution in [2.45, 2.75) is 45.3 Å². The Morgan fingerprint density at radius 2 is 1.76 bits per heavy atom. The number of hydrogen-bond donors (Lipinski definition) is 1. The molecule has 0 bridgehead atoms. The zero-order valence-electron chi connectivity index (χ0n) is 14.4. The lowest BCUT2D eigenvalue weighted by Gasteiger charge is -2.32. The average Bonchev–Trinajstić information content (AvgIpc) is 2.64. The first-order valence-electron chi connectivity index (χ1n) is 7.66. The van der Waals surface area contributed by atoms with Crippen LogP contribution in [-0.4, -0.2) is 31.2 Å². The lowest BCUT2D eigenvalue weighted by atomic mass is 9.77. The zero-order valence-corrected chi connectivity index (χ0v) is 14.4. The van der Waals surface area contributed by atoms with Crippen LogP contribution in [-0.2, 0) is 9.31 Å². The monoisotopic (exact) mass is 361 g/mol. The number of benzene rings is 1. The van der Waals surface area contributed by atoms with E-state index in [1.165, 1.54) is 12.1 Å². The smallest absolute Gasteiger partial charge is 0.406 e. The standard InChI is InChI=1S/C16H20BF4NO3/c1-14(2)15(3,4)25-17(24-14)11(9-22)7-10-5-6-12(8-13(10)18)23-16(19,20)21/h5-8H,9,22H2,1-4H3. The Hall–Kier alpha value is -1.58. The summed E-state index contributed by atoms with van der Waals surface area (Å²) >= 11 is 0. The van der Waals surface area contributed by atoms with Gasteiger partial charge >= 0.3 is 13.5 Å². The molecule has 1 aromatic rings. The van der Waals surface area contributed by atoms with Gasteiger partial charge in [-0.25, -0.2) is 4.39 Å². The summed E-state index contributed by atoms with van der Waals surface area (Å²) in [5.74, 6) is -1.50. The predicted octanol–water partition coefficient (Wildman–Crippen LogP) is 3.70. The van der Waals surface area contributed by atoms with Crippen molar-refractivity contribution < 1.29 is 31.6 Å². The number of halogens is 4. The van der Waals surface area contributed by atoms with Gasteiger partial charge in [0.1, 0.15) is 11.6 Å². The first kappa shape index (κ1) is 19.7. The van der Waals surface area contributed by atoms with E-state index >= 15 is 0 Å². The maximum atomic E-state index is 14.1. The van der Waals surface area contributed by atoms with Gasteiger partial charge < -0.3 is 19.8 Å². The SMILES string of the molecule is CC1(C)OB(C(=Cc2ccc(OC(F)(F)F)cc2F)CN)OC1(C)C. The van der Waals surface area contributed by atoms with Gasteiger partial charge in [-0.05, 0) is 45.3 Å². The van der Waals surface area contributed by atoms with Gasteiger partial charge in [0.05, 0.1) is 11.2 Å². The van der Waals surface area contributed by atoms with E-state index in [-0.39, 0.29) is 12.1 Å². The molecule has 0 aliphatic carbocycles. The van der Waals surface area contributed by atoms with Crippen LogP contribution in [0.15, 0.2) is 23.7 Å². The normalized spacial score (nSPS) is 20.0. The van der Waals surface area contributed by atoms with Crippen molar-refractivity contribution >= 4 is 13.2 Å². The highest BCUT2D eigenvalue weighted by Gasteiger charge is 2.52. The fourth-order valence-electron chi connectivity index (χ4n) is 2.24. The number of alkyl halides is 3. The maximum absolute atomic E-state index is 14.1. The molecular formula is C16H20BF4NO3. The fourth-order valence-corrected chi connectivity index (χ4v) is 2.24. The zero-order chi connectivity index (χ0) is 19.0. The Balaban J connectivity index is 2.26. The first-order valence-corrected chi connectivity index (χ1v) is 7.66. The van der Waals surface area contributed by atoms with Crippen LogP contribution in [0.5, 0.6) is 5.75 Å². The number of rotatable bonds is 4. The number of nitrogens with two attached hydrogens (primary N) is 1. The van der Waals surface area contributed by atoms with Gasteiger partial charge in [-0.3, -0.25) is 0 Å². The summed E-state index contributed by atoms with van der Waals surface area (Å²) in [6.45, 7) is 7.50. The van der Waals surface area contributed by atoms with Crippen LogP contribution in [0.3, 0.4) is 0 Å². The fraction of sp³-hybridized carbons (Fsp3) is 0.500. The van der Waals surface area contributed by atoms with Crippen LogP contribution in [0.25, 0.3) is 6.08 Å². The van der Waals surface area contributed by atoms with Crippen LogP contribution in [0.2, 0.25) is 0 Å². The Labute approximate surface area is 144 Å². The molecule has 1 saturated heterocycles. The van der Waals surface area contributed by atoms with E-state index in [1.807, 2.05) is 27.7 Å². The molecule has 0 saturated carbocycles. The van der Waals surface area contributed by atoms with Gasteiger partial charge in [0.25, 0.3) is 0 Å². The van der Waals surface area contributed by atoms with Crippen molar-refractivity contribution in [1.82, 2.24) is 0 Å². The van der Waals surface area contributed by atoms with Crippen molar-refractivity contribution in [3.8, 4) is 5.75 Å². The number of hydrogen-bond acceptors (Lipinski definition) is 4. The summed E-state index contributed by atoms with van der Waals surface area (Å²) in [6.07, 6.45) is -3.47. The molecule has 0 spiro atoms. The average molecular weight is 361 g/mol. The third-order valence-corrected chi connectivity index (χ3v) is 4.34.